The van der Waals surface area contributed by atoms with Gasteiger partial charge in [-0.05, 0) is 13.3 Å². The van der Waals surface area contributed by atoms with Crippen LogP contribution in [-0.2, 0) is 16.0 Å². The average molecular weight is 316 g/mol. The Morgan fingerprint density at radius 3 is 2.91 bits per heavy atom. The molecule has 1 aromatic carbocycles. The smallest absolute Gasteiger partial charge is 0.302 e. The van der Waals surface area contributed by atoms with Crippen LogP contribution in [0, 0.1) is 6.92 Å². The van der Waals surface area contributed by atoms with Crippen LogP contribution in [0.15, 0.2) is 33.0 Å². The number of phenols is 1. The Kier molecular flexibility index (Phi) is 3.82. The maximum absolute atomic E-state index is 12.1. The van der Waals surface area contributed by atoms with Gasteiger partial charge in [0, 0.05) is 30.2 Å². The van der Waals surface area contributed by atoms with Crippen LogP contribution in [0.2, 0.25) is 0 Å². The first-order chi connectivity index (χ1) is 11.0. The van der Waals surface area contributed by atoms with Crippen molar-refractivity contribution in [2.24, 2.45) is 0 Å². The van der Waals surface area contributed by atoms with Gasteiger partial charge in [-0.25, -0.2) is 0 Å². The molecule has 0 saturated carbocycles. The maximum atomic E-state index is 12.1. The van der Waals surface area contributed by atoms with Crippen LogP contribution in [0.1, 0.15) is 18.2 Å². The van der Waals surface area contributed by atoms with Gasteiger partial charge < -0.3 is 19.0 Å². The summed E-state index contributed by atoms with van der Waals surface area (Å²) in [5, 5.41) is 10.3. The van der Waals surface area contributed by atoms with Crippen molar-refractivity contribution in [3.8, 4) is 11.5 Å². The van der Waals surface area contributed by atoms with Gasteiger partial charge in [-0.15, -0.1) is 0 Å². The molecule has 0 amide bonds. The number of carbonyl (C=O) groups excluding carboxylic acids is 1. The molecular formula is C17H16O6. The Labute approximate surface area is 131 Å². The molecule has 0 saturated heterocycles. The molecule has 0 fully saturated rings. The fraction of sp³-hybridized carbons (Fsp3) is 0.294. The van der Waals surface area contributed by atoms with Crippen molar-refractivity contribution in [1.82, 2.24) is 0 Å². The molecule has 1 aromatic heterocycles. The minimum absolute atomic E-state index is 0.148. The Bertz CT molecular complexity index is 875. The lowest BCUT2D eigenvalue weighted by molar-refractivity contribution is -0.140. The fourth-order valence-corrected chi connectivity index (χ4v) is 2.55. The lowest BCUT2D eigenvalue weighted by Crippen LogP contribution is -2.09. The van der Waals surface area contributed by atoms with Crippen LogP contribution in [0.25, 0.3) is 11.0 Å². The molecule has 0 atom stereocenters. The van der Waals surface area contributed by atoms with E-state index in [0.29, 0.717) is 29.1 Å². The standard InChI is InChI=1S/C17H16O6/c1-9-5-13(19)16-14(20)6-15-12(17(16)23-9)4-3-11(8-22-15)7-21-10(2)18/h3,5-6,20H,4,7-8H2,1-2H3. The number of rotatable bonds is 2. The quantitative estimate of drug-likeness (QED) is 0.675. The van der Waals surface area contributed by atoms with Crippen LogP contribution in [0.3, 0.4) is 0 Å². The number of hydrogen-bond acceptors (Lipinski definition) is 6. The van der Waals surface area contributed by atoms with E-state index in [-0.39, 0.29) is 35.7 Å². The monoisotopic (exact) mass is 316 g/mol. The van der Waals surface area contributed by atoms with Crippen molar-refractivity contribution in [2.45, 2.75) is 20.3 Å². The summed E-state index contributed by atoms with van der Waals surface area (Å²) in [7, 11) is 0. The van der Waals surface area contributed by atoms with Gasteiger partial charge in [-0.2, -0.15) is 0 Å². The highest BCUT2D eigenvalue weighted by Gasteiger charge is 2.20. The summed E-state index contributed by atoms with van der Waals surface area (Å²) in [6.45, 7) is 3.41. The van der Waals surface area contributed by atoms with Gasteiger partial charge in [-0.1, -0.05) is 6.08 Å². The molecule has 0 unspecified atom stereocenters. The Morgan fingerprint density at radius 1 is 1.39 bits per heavy atom. The summed E-state index contributed by atoms with van der Waals surface area (Å²) in [5.41, 5.74) is 1.53. The van der Waals surface area contributed by atoms with E-state index in [0.717, 1.165) is 5.57 Å². The molecule has 0 radical (unpaired) electrons. The van der Waals surface area contributed by atoms with E-state index in [1.165, 1.54) is 19.1 Å². The number of benzene rings is 1. The number of ether oxygens (including phenoxy) is 2. The van der Waals surface area contributed by atoms with Crippen molar-refractivity contribution in [2.75, 3.05) is 13.2 Å². The van der Waals surface area contributed by atoms with E-state index in [1.54, 1.807) is 6.92 Å². The minimum Gasteiger partial charge on any atom is -0.507 e. The van der Waals surface area contributed by atoms with E-state index >= 15 is 0 Å². The molecule has 23 heavy (non-hydrogen) atoms. The minimum atomic E-state index is -0.364. The molecule has 2 aromatic rings. The summed E-state index contributed by atoms with van der Waals surface area (Å²) in [6, 6.07) is 2.76. The zero-order valence-corrected chi connectivity index (χ0v) is 12.8. The van der Waals surface area contributed by atoms with E-state index in [9.17, 15) is 14.7 Å². The number of fused-ring (bicyclic) bond motifs is 3. The summed E-state index contributed by atoms with van der Waals surface area (Å²) < 4.78 is 16.3. The highest BCUT2D eigenvalue weighted by atomic mass is 16.5. The molecular weight excluding hydrogens is 300 g/mol. The predicted molar refractivity (Wildman–Crippen MR) is 82.8 cm³/mol. The number of carbonyl (C=O) groups is 1. The number of allylic oxidation sites excluding steroid dienone is 1. The molecule has 0 bridgehead atoms. The fourth-order valence-electron chi connectivity index (χ4n) is 2.55. The topological polar surface area (TPSA) is 86.0 Å². The van der Waals surface area contributed by atoms with Crippen molar-refractivity contribution < 1.29 is 23.8 Å². The van der Waals surface area contributed by atoms with Gasteiger partial charge in [0.25, 0.3) is 0 Å². The first-order valence-electron chi connectivity index (χ1n) is 7.19. The van der Waals surface area contributed by atoms with Crippen LogP contribution in [0.5, 0.6) is 11.5 Å². The molecule has 0 spiro atoms. The molecule has 0 aliphatic carbocycles. The van der Waals surface area contributed by atoms with E-state index in [4.69, 9.17) is 13.9 Å². The first-order valence-corrected chi connectivity index (χ1v) is 7.19. The molecule has 1 aliphatic rings. The summed E-state index contributed by atoms with van der Waals surface area (Å²) in [4.78, 5) is 23.0. The third-order valence-corrected chi connectivity index (χ3v) is 3.64. The van der Waals surface area contributed by atoms with E-state index < -0.39 is 0 Å². The molecule has 1 aliphatic heterocycles. The van der Waals surface area contributed by atoms with Gasteiger partial charge >= 0.3 is 5.97 Å². The molecule has 6 heteroatoms. The van der Waals surface area contributed by atoms with Crippen molar-refractivity contribution >= 4 is 16.9 Å². The number of hydrogen-bond donors (Lipinski definition) is 1. The predicted octanol–water partition coefficient (Wildman–Crippen LogP) is 2.23. The van der Waals surface area contributed by atoms with Crippen molar-refractivity contribution in [3.63, 3.8) is 0 Å². The van der Waals surface area contributed by atoms with Crippen molar-refractivity contribution in [1.29, 1.82) is 0 Å². The SMILES string of the molecule is CC(=O)OCC1=CCc2c(cc(O)c3c(=O)cc(C)oc23)OC1. The molecule has 120 valence electrons. The van der Waals surface area contributed by atoms with Gasteiger partial charge in [-0.3, -0.25) is 9.59 Å². The van der Waals surface area contributed by atoms with Crippen LogP contribution >= 0.6 is 0 Å². The molecule has 1 N–H and O–H groups in total. The zero-order valence-electron chi connectivity index (χ0n) is 12.8. The average Bonchev–Trinajstić information content (AvgIpc) is 2.67. The van der Waals surface area contributed by atoms with Crippen LogP contribution < -0.4 is 10.2 Å². The van der Waals surface area contributed by atoms with Crippen LogP contribution in [-0.4, -0.2) is 24.3 Å². The lowest BCUT2D eigenvalue weighted by atomic mass is 10.0. The Morgan fingerprint density at radius 2 is 2.17 bits per heavy atom. The maximum Gasteiger partial charge on any atom is 0.302 e. The van der Waals surface area contributed by atoms with Gasteiger partial charge in [0.2, 0.25) is 0 Å². The number of phenolic OH excluding ortho intramolecular Hbond substituents is 1. The zero-order chi connectivity index (χ0) is 16.6. The summed E-state index contributed by atoms with van der Waals surface area (Å²) >= 11 is 0. The lowest BCUT2D eigenvalue weighted by Gasteiger charge is -2.11. The number of esters is 1. The van der Waals surface area contributed by atoms with Gasteiger partial charge in [0.15, 0.2) is 5.43 Å². The third-order valence-electron chi connectivity index (χ3n) is 3.64. The Balaban J connectivity index is 2.07. The second kappa shape index (κ2) is 5.79. The van der Waals surface area contributed by atoms with Gasteiger partial charge in [0.1, 0.15) is 41.4 Å². The number of aromatic hydroxyl groups is 1. The Hall–Kier alpha value is -2.76. The molecule has 2 heterocycles. The first kappa shape index (κ1) is 15.1. The largest absolute Gasteiger partial charge is 0.507 e. The molecule has 3 rings (SSSR count). The summed E-state index contributed by atoms with van der Waals surface area (Å²) in [5.74, 6) is 0.384. The van der Waals surface area contributed by atoms with E-state index in [1.807, 2.05) is 6.08 Å². The van der Waals surface area contributed by atoms with Crippen LogP contribution in [0.4, 0.5) is 0 Å². The highest BCUT2D eigenvalue weighted by molar-refractivity contribution is 5.88. The third kappa shape index (κ3) is 2.92. The normalized spacial score (nSPS) is 13.7. The molecule has 6 nitrogen and oxygen atoms in total. The highest BCUT2D eigenvalue weighted by Crippen LogP contribution is 2.36. The van der Waals surface area contributed by atoms with Gasteiger partial charge in [0.05, 0.1) is 0 Å². The van der Waals surface area contributed by atoms with E-state index in [2.05, 4.69) is 0 Å². The van der Waals surface area contributed by atoms with Crippen molar-refractivity contribution in [3.05, 3.63) is 45.3 Å². The summed E-state index contributed by atoms with van der Waals surface area (Å²) in [6.07, 6.45) is 2.34. The second-order valence-electron chi connectivity index (χ2n) is 5.43. The second-order valence-corrected chi connectivity index (χ2v) is 5.43. The number of aryl methyl sites for hydroxylation is 1.